The summed E-state index contributed by atoms with van der Waals surface area (Å²) in [5, 5.41) is 14.3. The van der Waals surface area contributed by atoms with Crippen LogP contribution in [0.25, 0.3) is 0 Å². The molecule has 0 radical (unpaired) electrons. The molecule has 2 aromatic heterocycles. The van der Waals surface area contributed by atoms with Gasteiger partial charge in [-0.15, -0.1) is 21.5 Å². The number of hydrogen-bond acceptors (Lipinski definition) is 7. The standard InChI is InChI=1S/C16H18N6OS2/c1-10(25-16-21-18-9-22(16)2)11-4-3-5-12(6-11)19-15(23)13-8-24-14(7-17)20-13/h3-6,8-10H,7,17H2,1-2H3,(H,19,23). The number of hydrogen-bond donors (Lipinski definition) is 2. The Balaban J connectivity index is 1.70. The summed E-state index contributed by atoms with van der Waals surface area (Å²) in [6, 6.07) is 7.77. The van der Waals surface area contributed by atoms with Crippen molar-refractivity contribution in [2.24, 2.45) is 12.8 Å². The van der Waals surface area contributed by atoms with Gasteiger partial charge in [0.15, 0.2) is 5.16 Å². The molecular weight excluding hydrogens is 356 g/mol. The minimum Gasteiger partial charge on any atom is -0.325 e. The lowest BCUT2D eigenvalue weighted by atomic mass is 10.1. The molecule has 0 aliphatic rings. The smallest absolute Gasteiger partial charge is 0.275 e. The zero-order valence-electron chi connectivity index (χ0n) is 13.8. The molecule has 3 rings (SSSR count). The topological polar surface area (TPSA) is 98.7 Å². The number of anilines is 1. The average molecular weight is 374 g/mol. The van der Waals surface area contributed by atoms with E-state index in [1.54, 1.807) is 23.5 Å². The van der Waals surface area contributed by atoms with E-state index in [1.807, 2.05) is 35.9 Å². The van der Waals surface area contributed by atoms with E-state index in [9.17, 15) is 4.79 Å². The summed E-state index contributed by atoms with van der Waals surface area (Å²) in [5.41, 5.74) is 7.75. The van der Waals surface area contributed by atoms with Crippen LogP contribution in [0.4, 0.5) is 5.69 Å². The van der Waals surface area contributed by atoms with Crippen LogP contribution in [0.2, 0.25) is 0 Å². The Kier molecular flexibility index (Phi) is 5.47. The van der Waals surface area contributed by atoms with Gasteiger partial charge < -0.3 is 15.6 Å². The first-order chi connectivity index (χ1) is 12.1. The lowest BCUT2D eigenvalue weighted by Gasteiger charge is -2.12. The van der Waals surface area contributed by atoms with Crippen LogP contribution in [0, 0.1) is 0 Å². The third kappa shape index (κ3) is 4.25. The number of nitrogens with zero attached hydrogens (tertiary/aromatic N) is 4. The second-order valence-corrected chi connectivity index (χ2v) is 7.65. The number of amides is 1. The number of benzene rings is 1. The number of nitrogens with one attached hydrogen (secondary N) is 1. The number of aryl methyl sites for hydroxylation is 1. The van der Waals surface area contributed by atoms with Gasteiger partial charge in [0.05, 0.1) is 0 Å². The molecule has 3 aromatic rings. The van der Waals surface area contributed by atoms with Crippen molar-refractivity contribution in [2.45, 2.75) is 23.9 Å². The maximum absolute atomic E-state index is 12.3. The molecule has 1 aromatic carbocycles. The van der Waals surface area contributed by atoms with Crippen LogP contribution < -0.4 is 11.1 Å². The summed E-state index contributed by atoms with van der Waals surface area (Å²) < 4.78 is 1.88. The quantitative estimate of drug-likeness (QED) is 0.644. The summed E-state index contributed by atoms with van der Waals surface area (Å²) >= 11 is 3.00. The van der Waals surface area contributed by atoms with Crippen LogP contribution in [0.15, 0.2) is 41.1 Å². The van der Waals surface area contributed by atoms with Crippen molar-refractivity contribution < 1.29 is 4.79 Å². The Hall–Kier alpha value is -2.23. The summed E-state index contributed by atoms with van der Waals surface area (Å²) in [7, 11) is 1.91. The Morgan fingerprint density at radius 1 is 1.48 bits per heavy atom. The normalized spacial score (nSPS) is 12.1. The van der Waals surface area contributed by atoms with Gasteiger partial charge >= 0.3 is 0 Å². The summed E-state index contributed by atoms with van der Waals surface area (Å²) in [4.78, 5) is 16.5. The number of thiazole rings is 1. The zero-order valence-corrected chi connectivity index (χ0v) is 15.5. The van der Waals surface area contributed by atoms with E-state index in [4.69, 9.17) is 5.73 Å². The van der Waals surface area contributed by atoms with E-state index in [2.05, 4.69) is 27.4 Å². The van der Waals surface area contributed by atoms with Crippen LogP contribution in [0.5, 0.6) is 0 Å². The van der Waals surface area contributed by atoms with Crippen LogP contribution in [-0.2, 0) is 13.6 Å². The fraction of sp³-hybridized carbons (Fsp3) is 0.250. The van der Waals surface area contributed by atoms with Gasteiger partial charge in [0, 0.05) is 29.9 Å². The molecule has 9 heteroatoms. The first-order valence-corrected chi connectivity index (χ1v) is 9.39. The molecule has 0 saturated heterocycles. The van der Waals surface area contributed by atoms with Crippen molar-refractivity contribution in [1.82, 2.24) is 19.7 Å². The predicted molar refractivity (Wildman–Crippen MR) is 99.7 cm³/mol. The summed E-state index contributed by atoms with van der Waals surface area (Å²) in [5.74, 6) is -0.235. The third-order valence-electron chi connectivity index (χ3n) is 3.52. The van der Waals surface area contributed by atoms with Gasteiger partial charge in [0.1, 0.15) is 17.0 Å². The number of carbonyl (C=O) groups excluding carboxylic acids is 1. The van der Waals surface area contributed by atoms with Crippen molar-refractivity contribution in [1.29, 1.82) is 0 Å². The third-order valence-corrected chi connectivity index (χ3v) is 5.60. The number of carbonyl (C=O) groups is 1. The van der Waals surface area contributed by atoms with E-state index < -0.39 is 0 Å². The van der Waals surface area contributed by atoms with Crippen molar-refractivity contribution >= 4 is 34.7 Å². The average Bonchev–Trinajstić information content (AvgIpc) is 3.24. The van der Waals surface area contributed by atoms with Crippen molar-refractivity contribution in [3.8, 4) is 0 Å². The van der Waals surface area contributed by atoms with Crippen LogP contribution in [-0.4, -0.2) is 25.7 Å². The van der Waals surface area contributed by atoms with Crippen LogP contribution in [0.3, 0.4) is 0 Å². The van der Waals surface area contributed by atoms with E-state index in [0.29, 0.717) is 12.2 Å². The largest absolute Gasteiger partial charge is 0.325 e. The Morgan fingerprint density at radius 2 is 2.32 bits per heavy atom. The van der Waals surface area contributed by atoms with Gasteiger partial charge in [-0.3, -0.25) is 4.79 Å². The van der Waals surface area contributed by atoms with Crippen molar-refractivity contribution in [3.63, 3.8) is 0 Å². The minimum absolute atomic E-state index is 0.169. The molecule has 0 aliphatic heterocycles. The molecule has 2 heterocycles. The molecule has 7 nitrogen and oxygen atoms in total. The molecule has 25 heavy (non-hydrogen) atoms. The summed E-state index contributed by atoms with van der Waals surface area (Å²) in [6.45, 7) is 2.43. The molecule has 1 atom stereocenters. The number of rotatable bonds is 6. The van der Waals surface area contributed by atoms with Crippen LogP contribution in [0.1, 0.15) is 33.2 Å². The maximum Gasteiger partial charge on any atom is 0.275 e. The van der Waals surface area contributed by atoms with Gasteiger partial charge in [-0.1, -0.05) is 23.9 Å². The Labute approximate surface area is 153 Å². The summed E-state index contributed by atoms with van der Waals surface area (Å²) in [6.07, 6.45) is 1.68. The first-order valence-electron chi connectivity index (χ1n) is 7.63. The highest BCUT2D eigenvalue weighted by molar-refractivity contribution is 7.99. The fourth-order valence-corrected chi connectivity index (χ4v) is 3.74. The highest BCUT2D eigenvalue weighted by atomic mass is 32.2. The van der Waals surface area contributed by atoms with Crippen molar-refractivity contribution in [3.05, 3.63) is 52.2 Å². The lowest BCUT2D eigenvalue weighted by molar-refractivity contribution is 0.102. The van der Waals surface area contributed by atoms with Crippen LogP contribution >= 0.6 is 23.1 Å². The van der Waals surface area contributed by atoms with Gasteiger partial charge in [-0.2, -0.15) is 0 Å². The number of aromatic nitrogens is 4. The molecule has 3 N–H and O–H groups in total. The van der Waals surface area contributed by atoms with E-state index in [-0.39, 0.29) is 11.2 Å². The zero-order chi connectivity index (χ0) is 17.8. The van der Waals surface area contributed by atoms with Crippen molar-refractivity contribution in [2.75, 3.05) is 5.32 Å². The highest BCUT2D eigenvalue weighted by Gasteiger charge is 2.14. The SMILES string of the molecule is CC(Sc1nncn1C)c1cccc(NC(=O)c2csc(CN)n2)c1. The number of thioether (sulfide) groups is 1. The Morgan fingerprint density at radius 3 is 3.00 bits per heavy atom. The van der Waals surface area contributed by atoms with Gasteiger partial charge in [-0.25, -0.2) is 4.98 Å². The molecule has 130 valence electrons. The molecule has 1 amide bonds. The monoisotopic (exact) mass is 374 g/mol. The van der Waals surface area contributed by atoms with E-state index in [1.165, 1.54) is 11.3 Å². The fourth-order valence-electron chi connectivity index (χ4n) is 2.18. The molecular formula is C16H18N6OS2. The minimum atomic E-state index is -0.235. The lowest BCUT2D eigenvalue weighted by Crippen LogP contribution is -2.13. The Bertz CT molecular complexity index is 875. The first kappa shape index (κ1) is 17.6. The predicted octanol–water partition coefficient (Wildman–Crippen LogP) is 2.84. The maximum atomic E-state index is 12.3. The molecule has 0 fully saturated rings. The van der Waals surface area contributed by atoms with Gasteiger partial charge in [0.2, 0.25) is 0 Å². The van der Waals surface area contributed by atoms with E-state index >= 15 is 0 Å². The molecule has 0 spiro atoms. The second-order valence-electron chi connectivity index (χ2n) is 5.39. The van der Waals surface area contributed by atoms with Gasteiger partial charge in [0.25, 0.3) is 5.91 Å². The molecule has 0 aliphatic carbocycles. The highest BCUT2D eigenvalue weighted by Crippen LogP contribution is 2.34. The van der Waals surface area contributed by atoms with E-state index in [0.717, 1.165) is 21.4 Å². The molecule has 0 saturated carbocycles. The molecule has 1 unspecified atom stereocenters. The molecule has 0 bridgehead atoms. The van der Waals surface area contributed by atoms with Gasteiger partial charge in [-0.05, 0) is 24.6 Å². The second kappa shape index (κ2) is 7.77. The number of nitrogens with two attached hydrogens (primary N) is 1.